The zero-order valence-corrected chi connectivity index (χ0v) is 13.5. The molecule has 0 radical (unpaired) electrons. The first-order valence-corrected chi connectivity index (χ1v) is 8.24. The summed E-state index contributed by atoms with van der Waals surface area (Å²) in [6, 6.07) is 10.6. The Morgan fingerprint density at radius 2 is 1.68 bits per heavy atom. The molecule has 0 atom stereocenters. The van der Waals surface area contributed by atoms with Gasteiger partial charge in [0.25, 0.3) is 0 Å². The van der Waals surface area contributed by atoms with E-state index in [9.17, 15) is 13.0 Å². The lowest BCUT2D eigenvalue weighted by molar-refractivity contribution is -0.884. The molecule has 0 aliphatic heterocycles. The molecule has 1 aromatic carbocycles. The Kier molecular flexibility index (Phi) is 8.33. The summed E-state index contributed by atoms with van der Waals surface area (Å²) in [6.07, 6.45) is 0.342. The predicted octanol–water partition coefficient (Wildman–Crippen LogP) is 1.74. The van der Waals surface area contributed by atoms with E-state index in [-0.39, 0.29) is 5.75 Å². The van der Waals surface area contributed by atoms with Gasteiger partial charge in [0.15, 0.2) is 0 Å². The molecule has 0 aliphatic rings. The Morgan fingerprint density at radius 1 is 1.16 bits per heavy atom. The van der Waals surface area contributed by atoms with Crippen molar-refractivity contribution >= 4 is 22.7 Å². The quantitative estimate of drug-likeness (QED) is 0.512. The van der Waals surface area contributed by atoms with Gasteiger partial charge in [-0.2, -0.15) is 12.6 Å². The molecular weight excluding hydrogens is 282 g/mol. The first kappa shape index (κ1) is 18.4. The van der Waals surface area contributed by atoms with E-state index < -0.39 is 10.1 Å². The predicted molar refractivity (Wildman–Crippen MR) is 81.2 cm³/mol. The number of hydrogen-bond donors (Lipinski definition) is 1. The molecule has 0 bridgehead atoms. The minimum Gasteiger partial charge on any atom is -0.748 e. The highest BCUT2D eigenvalue weighted by Crippen LogP contribution is 2.05. The van der Waals surface area contributed by atoms with Crippen LogP contribution in [-0.4, -0.2) is 50.1 Å². The van der Waals surface area contributed by atoms with E-state index in [1.807, 2.05) is 0 Å². The van der Waals surface area contributed by atoms with E-state index in [2.05, 4.69) is 64.1 Å². The molecule has 4 nitrogen and oxygen atoms in total. The van der Waals surface area contributed by atoms with Crippen LogP contribution < -0.4 is 0 Å². The highest BCUT2D eigenvalue weighted by molar-refractivity contribution is 7.85. The van der Waals surface area contributed by atoms with Crippen LogP contribution in [0.25, 0.3) is 0 Å². The maximum absolute atomic E-state index is 9.80. The van der Waals surface area contributed by atoms with E-state index in [4.69, 9.17) is 0 Å². The SMILES string of the molecule is C[N+](C)(C)Cc1ccccc1.O=S(=O)([O-])CCCS. The first-order valence-electron chi connectivity index (χ1n) is 6.03. The number of quaternary nitrogens is 1. The van der Waals surface area contributed by atoms with E-state index in [0.717, 1.165) is 11.0 Å². The molecule has 0 heterocycles. The fourth-order valence-corrected chi connectivity index (χ4v) is 2.24. The minimum atomic E-state index is -3.99. The smallest absolute Gasteiger partial charge is 0.104 e. The zero-order chi connectivity index (χ0) is 14.9. The molecule has 1 aromatic rings. The summed E-state index contributed by atoms with van der Waals surface area (Å²) in [5.74, 6) is 0.151. The number of rotatable bonds is 5. The number of hydrogen-bond acceptors (Lipinski definition) is 4. The summed E-state index contributed by atoms with van der Waals surface area (Å²) in [5, 5.41) is 0. The van der Waals surface area contributed by atoms with Crippen molar-refractivity contribution in [2.45, 2.75) is 13.0 Å². The third kappa shape index (κ3) is 13.7. The lowest BCUT2D eigenvalue weighted by atomic mass is 10.2. The van der Waals surface area contributed by atoms with Gasteiger partial charge in [0.05, 0.1) is 31.3 Å². The minimum absolute atomic E-state index is 0.295. The molecule has 0 aliphatic carbocycles. The Balaban J connectivity index is 0.000000362. The largest absolute Gasteiger partial charge is 0.748 e. The van der Waals surface area contributed by atoms with Gasteiger partial charge in [-0.3, -0.25) is 0 Å². The Hall–Kier alpha value is -0.560. The fraction of sp³-hybridized carbons (Fsp3) is 0.538. The number of nitrogens with zero attached hydrogens (tertiary/aromatic N) is 1. The average molecular weight is 305 g/mol. The van der Waals surface area contributed by atoms with Crippen molar-refractivity contribution in [2.75, 3.05) is 32.6 Å². The molecule has 6 heteroatoms. The van der Waals surface area contributed by atoms with Crippen LogP contribution in [0.2, 0.25) is 0 Å². The van der Waals surface area contributed by atoms with Gasteiger partial charge in [0.1, 0.15) is 6.54 Å². The van der Waals surface area contributed by atoms with Crippen LogP contribution in [0.1, 0.15) is 12.0 Å². The summed E-state index contributed by atoms with van der Waals surface area (Å²) >= 11 is 3.73. The lowest BCUT2D eigenvalue weighted by Gasteiger charge is -2.23. The third-order valence-electron chi connectivity index (χ3n) is 2.05. The summed E-state index contributed by atoms with van der Waals surface area (Å²) in [5.41, 5.74) is 1.40. The summed E-state index contributed by atoms with van der Waals surface area (Å²) in [4.78, 5) is 0. The molecule has 0 aromatic heterocycles. The standard InChI is InChI=1S/C10H16N.C3H8O3S2/c1-11(2,3)9-10-7-5-4-6-8-10;4-8(5,6)3-1-2-7/h4-8H,9H2,1-3H3;7H,1-3H2,(H,4,5,6)/q+1;/p-1. The van der Waals surface area contributed by atoms with Gasteiger partial charge >= 0.3 is 0 Å². The van der Waals surface area contributed by atoms with Crippen LogP contribution >= 0.6 is 12.6 Å². The molecule has 0 saturated heterocycles. The fourth-order valence-electron chi connectivity index (χ4n) is 1.37. The zero-order valence-electron chi connectivity index (χ0n) is 11.7. The van der Waals surface area contributed by atoms with Crippen LogP contribution in [0.4, 0.5) is 0 Å². The normalized spacial score (nSPS) is 11.6. The van der Waals surface area contributed by atoms with E-state index in [1.54, 1.807) is 0 Å². The maximum atomic E-state index is 9.80. The Labute approximate surface area is 122 Å². The highest BCUT2D eigenvalue weighted by Gasteiger charge is 2.06. The lowest BCUT2D eigenvalue weighted by Crippen LogP contribution is -2.33. The number of thiol groups is 1. The maximum Gasteiger partial charge on any atom is 0.104 e. The van der Waals surface area contributed by atoms with Gasteiger partial charge in [0, 0.05) is 11.3 Å². The Morgan fingerprint density at radius 3 is 2.00 bits per heavy atom. The van der Waals surface area contributed by atoms with E-state index >= 15 is 0 Å². The van der Waals surface area contributed by atoms with Crippen LogP contribution in [-0.2, 0) is 16.7 Å². The van der Waals surface area contributed by atoms with Crippen molar-refractivity contribution in [3.63, 3.8) is 0 Å². The molecule has 0 N–H and O–H groups in total. The van der Waals surface area contributed by atoms with Crippen LogP contribution in [0, 0.1) is 0 Å². The van der Waals surface area contributed by atoms with Gasteiger partial charge in [0.2, 0.25) is 0 Å². The summed E-state index contributed by atoms with van der Waals surface area (Å²) < 4.78 is 30.4. The molecule has 0 unspecified atom stereocenters. The molecule has 0 spiro atoms. The van der Waals surface area contributed by atoms with E-state index in [0.29, 0.717) is 12.2 Å². The molecule has 0 fully saturated rings. The highest BCUT2D eigenvalue weighted by atomic mass is 32.2. The van der Waals surface area contributed by atoms with Crippen molar-refractivity contribution < 1.29 is 17.5 Å². The van der Waals surface area contributed by atoms with Crippen LogP contribution in [0.5, 0.6) is 0 Å². The third-order valence-corrected chi connectivity index (χ3v) is 3.16. The van der Waals surface area contributed by atoms with Crippen molar-refractivity contribution in [1.29, 1.82) is 0 Å². The molecular formula is C13H23NO3S2. The van der Waals surface area contributed by atoms with Gasteiger partial charge in [-0.05, 0) is 12.2 Å². The van der Waals surface area contributed by atoms with Crippen molar-refractivity contribution in [3.8, 4) is 0 Å². The summed E-state index contributed by atoms with van der Waals surface area (Å²) in [7, 11) is 2.62. The van der Waals surface area contributed by atoms with Crippen LogP contribution in [0.3, 0.4) is 0 Å². The van der Waals surface area contributed by atoms with Gasteiger partial charge in [-0.15, -0.1) is 0 Å². The first-order chi connectivity index (χ1) is 8.64. The molecule has 110 valence electrons. The Bertz CT molecular complexity index is 439. The van der Waals surface area contributed by atoms with Gasteiger partial charge in [-0.25, -0.2) is 8.42 Å². The molecule has 19 heavy (non-hydrogen) atoms. The molecule has 0 saturated carbocycles. The van der Waals surface area contributed by atoms with Gasteiger partial charge in [-0.1, -0.05) is 30.3 Å². The number of benzene rings is 1. The van der Waals surface area contributed by atoms with E-state index in [1.165, 1.54) is 5.56 Å². The summed E-state index contributed by atoms with van der Waals surface area (Å²) in [6.45, 7) is 1.10. The average Bonchev–Trinajstić information content (AvgIpc) is 2.25. The molecule has 1 rings (SSSR count). The topological polar surface area (TPSA) is 57.2 Å². The van der Waals surface area contributed by atoms with Crippen molar-refractivity contribution in [1.82, 2.24) is 0 Å². The van der Waals surface area contributed by atoms with Gasteiger partial charge < -0.3 is 9.04 Å². The second-order valence-electron chi connectivity index (χ2n) is 5.27. The van der Waals surface area contributed by atoms with Crippen molar-refractivity contribution in [3.05, 3.63) is 35.9 Å². The van der Waals surface area contributed by atoms with Crippen LogP contribution in [0.15, 0.2) is 30.3 Å². The monoisotopic (exact) mass is 305 g/mol. The second kappa shape index (κ2) is 8.58. The molecule has 0 amide bonds. The van der Waals surface area contributed by atoms with Crippen molar-refractivity contribution in [2.24, 2.45) is 0 Å². The second-order valence-corrected chi connectivity index (χ2v) is 7.24.